The minimum atomic E-state index is -3.27. The highest BCUT2D eigenvalue weighted by Crippen LogP contribution is 2.47. The number of benzene rings is 2. The average molecular weight is 487 g/mol. The van der Waals surface area contributed by atoms with Crippen molar-refractivity contribution in [2.24, 2.45) is 0 Å². The lowest BCUT2D eigenvalue weighted by Gasteiger charge is -2.36. The fourth-order valence-corrected chi connectivity index (χ4v) is 4.02. The van der Waals surface area contributed by atoms with E-state index >= 15 is 0 Å². The van der Waals surface area contributed by atoms with Crippen LogP contribution in [-0.2, 0) is 0 Å². The zero-order chi connectivity index (χ0) is 25.5. The lowest BCUT2D eigenvalue weighted by molar-refractivity contribution is -0.384. The van der Waals surface area contributed by atoms with Crippen molar-refractivity contribution in [1.82, 2.24) is 14.9 Å². The number of nitrogen functional groups attached to an aromatic ring is 1. The lowest BCUT2D eigenvalue weighted by atomic mass is 10.0. The zero-order valence-electron chi connectivity index (χ0n) is 18.7. The van der Waals surface area contributed by atoms with Gasteiger partial charge in [-0.3, -0.25) is 10.1 Å². The number of hydrogen-bond donors (Lipinski definition) is 1. The van der Waals surface area contributed by atoms with Gasteiger partial charge >= 0.3 is 5.69 Å². The fourth-order valence-electron chi connectivity index (χ4n) is 4.02. The fraction of sp³-hybridized carbons (Fsp3) is 0.304. The number of terminal acetylenes is 1. The molecule has 0 radical (unpaired) electrons. The van der Waals surface area contributed by atoms with Crippen molar-refractivity contribution in [1.29, 1.82) is 0 Å². The molecule has 0 saturated carbocycles. The summed E-state index contributed by atoms with van der Waals surface area (Å²) in [6.07, 6.45) is 3.61. The molecule has 4 rings (SSSR count). The number of rotatable bonds is 5. The van der Waals surface area contributed by atoms with Crippen LogP contribution in [-0.4, -0.2) is 59.1 Å². The first-order valence-electron chi connectivity index (χ1n) is 10.4. The summed E-state index contributed by atoms with van der Waals surface area (Å²) in [6, 6.07) is 5.51. The van der Waals surface area contributed by atoms with Crippen LogP contribution >= 0.6 is 0 Å². The maximum Gasteiger partial charge on any atom is 0.327 e. The summed E-state index contributed by atoms with van der Waals surface area (Å²) in [7, 11) is 2.74. The summed E-state index contributed by atoms with van der Waals surface area (Å²) in [5, 5.41) is 11.8. The van der Waals surface area contributed by atoms with Crippen LogP contribution in [0.1, 0.15) is 12.0 Å². The molecule has 1 fully saturated rings. The van der Waals surface area contributed by atoms with E-state index in [1.54, 1.807) is 7.05 Å². The van der Waals surface area contributed by atoms with Gasteiger partial charge in [0.25, 0.3) is 5.92 Å². The second-order valence-electron chi connectivity index (χ2n) is 8.05. The number of nitrogens with two attached hydrogens (primary N) is 1. The summed E-state index contributed by atoms with van der Waals surface area (Å²) in [5.41, 5.74) is 5.16. The third-order valence-electron chi connectivity index (χ3n) is 5.69. The van der Waals surface area contributed by atoms with E-state index in [1.165, 1.54) is 36.3 Å². The Balaban J connectivity index is 1.91. The van der Waals surface area contributed by atoms with E-state index in [1.807, 2.05) is 0 Å². The Labute approximate surface area is 197 Å². The number of methoxy groups -OCH3 is 1. The van der Waals surface area contributed by atoms with Crippen molar-refractivity contribution < 1.29 is 27.6 Å². The molecule has 35 heavy (non-hydrogen) atoms. The van der Waals surface area contributed by atoms with E-state index in [2.05, 4.69) is 15.9 Å². The van der Waals surface area contributed by atoms with Gasteiger partial charge in [0, 0.05) is 19.0 Å². The molecule has 3 aromatic rings. The third-order valence-corrected chi connectivity index (χ3v) is 5.69. The van der Waals surface area contributed by atoms with E-state index in [-0.39, 0.29) is 45.8 Å². The molecule has 1 aliphatic rings. The molecule has 12 heteroatoms. The van der Waals surface area contributed by atoms with Crippen LogP contribution in [0, 0.1) is 28.3 Å². The lowest BCUT2D eigenvalue weighted by Crippen LogP contribution is -2.52. The SMILES string of the molecule is C#Cc1cccc(-c2nc(N)c3c([N+](=O)[O-])c(O[C@H]4CCN(C)CC4(F)F)c(OC)cc3n2)c1F. The van der Waals surface area contributed by atoms with Crippen molar-refractivity contribution in [3.63, 3.8) is 0 Å². The molecule has 0 amide bonds. The molecule has 2 N–H and O–H groups in total. The van der Waals surface area contributed by atoms with Crippen molar-refractivity contribution in [2.45, 2.75) is 18.4 Å². The molecule has 0 unspecified atom stereocenters. The van der Waals surface area contributed by atoms with Gasteiger partial charge in [-0.2, -0.15) is 0 Å². The summed E-state index contributed by atoms with van der Waals surface area (Å²) >= 11 is 0. The maximum absolute atomic E-state index is 14.8. The van der Waals surface area contributed by atoms with Crippen molar-refractivity contribution >= 4 is 22.4 Å². The van der Waals surface area contributed by atoms with Gasteiger partial charge in [-0.05, 0) is 19.2 Å². The Kier molecular flexibility index (Phi) is 6.12. The topological polar surface area (TPSA) is 117 Å². The Bertz CT molecular complexity index is 1380. The highest BCUT2D eigenvalue weighted by molar-refractivity contribution is 6.01. The molecule has 0 aliphatic carbocycles. The molecule has 0 spiro atoms. The number of anilines is 1. The summed E-state index contributed by atoms with van der Waals surface area (Å²) in [4.78, 5) is 21.0. The Morgan fingerprint density at radius 3 is 2.74 bits per heavy atom. The van der Waals surface area contributed by atoms with Gasteiger partial charge in [-0.1, -0.05) is 12.0 Å². The number of fused-ring (bicyclic) bond motifs is 1. The van der Waals surface area contributed by atoms with Crippen LogP contribution < -0.4 is 15.2 Å². The van der Waals surface area contributed by atoms with Gasteiger partial charge in [-0.25, -0.2) is 23.1 Å². The van der Waals surface area contributed by atoms with Crippen molar-refractivity contribution in [3.8, 4) is 35.2 Å². The molecule has 1 saturated heterocycles. The van der Waals surface area contributed by atoms with Gasteiger partial charge in [0.05, 0.1) is 35.2 Å². The largest absolute Gasteiger partial charge is 0.493 e. The number of hydrogen-bond acceptors (Lipinski definition) is 8. The van der Waals surface area contributed by atoms with Gasteiger partial charge in [-0.15, -0.1) is 6.42 Å². The van der Waals surface area contributed by atoms with E-state index in [0.29, 0.717) is 6.54 Å². The number of ether oxygens (including phenoxy) is 2. The number of nitrogens with zero attached hydrogens (tertiary/aromatic N) is 4. The predicted molar refractivity (Wildman–Crippen MR) is 122 cm³/mol. The Hall–Kier alpha value is -4.11. The van der Waals surface area contributed by atoms with Crippen LogP contribution in [0.5, 0.6) is 11.5 Å². The molecule has 2 aromatic carbocycles. The number of aromatic nitrogens is 2. The number of nitro benzene ring substituents is 1. The van der Waals surface area contributed by atoms with E-state index in [4.69, 9.17) is 21.6 Å². The number of alkyl halides is 2. The van der Waals surface area contributed by atoms with Crippen LogP contribution in [0.15, 0.2) is 24.3 Å². The quantitative estimate of drug-likeness (QED) is 0.330. The van der Waals surface area contributed by atoms with Crippen molar-refractivity contribution in [2.75, 3.05) is 33.0 Å². The molecule has 2 heterocycles. The van der Waals surface area contributed by atoms with Gasteiger partial charge in [0.15, 0.2) is 17.7 Å². The molecule has 0 bridgehead atoms. The summed E-state index contributed by atoms with van der Waals surface area (Å²) < 4.78 is 54.8. The Morgan fingerprint density at radius 1 is 1.37 bits per heavy atom. The van der Waals surface area contributed by atoms with Crippen molar-refractivity contribution in [3.05, 3.63) is 45.8 Å². The normalized spacial score (nSPS) is 17.7. The molecule has 1 aromatic heterocycles. The van der Waals surface area contributed by atoms with Crippen LogP contribution in [0.4, 0.5) is 24.7 Å². The molecule has 1 atom stereocenters. The molecule has 9 nitrogen and oxygen atoms in total. The number of likely N-dealkylation sites (tertiary alicyclic amines) is 1. The monoisotopic (exact) mass is 487 g/mol. The van der Waals surface area contributed by atoms with E-state index < -0.39 is 40.7 Å². The number of piperidine rings is 1. The first kappa shape index (κ1) is 24.0. The first-order valence-corrected chi connectivity index (χ1v) is 10.4. The minimum Gasteiger partial charge on any atom is -0.493 e. The smallest absolute Gasteiger partial charge is 0.327 e. The number of nitro groups is 1. The molecule has 1 aliphatic heterocycles. The van der Waals surface area contributed by atoms with E-state index in [0.717, 1.165) is 0 Å². The van der Waals surface area contributed by atoms with Gasteiger partial charge in [0.2, 0.25) is 5.75 Å². The highest BCUT2D eigenvalue weighted by atomic mass is 19.3. The molecular weight excluding hydrogens is 467 g/mol. The summed E-state index contributed by atoms with van der Waals surface area (Å²) in [5.74, 6) is -3.09. The zero-order valence-corrected chi connectivity index (χ0v) is 18.7. The second-order valence-corrected chi connectivity index (χ2v) is 8.05. The van der Waals surface area contributed by atoms with Crippen LogP contribution in [0.3, 0.4) is 0 Å². The summed E-state index contributed by atoms with van der Waals surface area (Å²) in [6.45, 7) is -0.265. The highest BCUT2D eigenvalue weighted by Gasteiger charge is 2.47. The molecule has 182 valence electrons. The maximum atomic E-state index is 14.8. The number of halogens is 3. The predicted octanol–water partition coefficient (Wildman–Crippen LogP) is 3.63. The minimum absolute atomic E-state index is 0.0314. The second kappa shape index (κ2) is 8.92. The Morgan fingerprint density at radius 2 is 2.11 bits per heavy atom. The van der Waals surface area contributed by atoms with Gasteiger partial charge in [0.1, 0.15) is 17.0 Å². The third kappa shape index (κ3) is 4.26. The van der Waals surface area contributed by atoms with Crippen LogP contribution in [0.2, 0.25) is 0 Å². The average Bonchev–Trinajstić information content (AvgIpc) is 2.79. The van der Waals surface area contributed by atoms with Gasteiger partial charge < -0.3 is 20.1 Å². The van der Waals surface area contributed by atoms with Crippen LogP contribution in [0.25, 0.3) is 22.3 Å². The molecular formula is C23H20F3N5O4. The van der Waals surface area contributed by atoms with E-state index in [9.17, 15) is 23.3 Å². The standard InChI is InChI=1S/C23H20F3N5O4/c1-4-12-6-5-7-13(18(12)24)22-28-14-10-15(34-3)20(19(31(32)33)17(14)21(27)29-22)35-16-8-9-30(2)11-23(16,25)26/h1,5-7,10,16H,8-9,11H2,2-3H3,(H2,27,28,29)/t16-/m0/s1. The first-order chi connectivity index (χ1) is 16.6.